The van der Waals surface area contributed by atoms with Gasteiger partial charge in [-0.15, -0.1) is 0 Å². The van der Waals surface area contributed by atoms with Crippen molar-refractivity contribution in [2.24, 2.45) is 0 Å². The van der Waals surface area contributed by atoms with Crippen LogP contribution in [0.2, 0.25) is 0 Å². The first-order valence-corrected chi connectivity index (χ1v) is 6.03. The predicted octanol–water partition coefficient (Wildman–Crippen LogP) is 2.28. The second kappa shape index (κ2) is 4.42. The Morgan fingerprint density at radius 3 is 2.45 bits per heavy atom. The zero-order valence-electron chi connectivity index (χ0n) is 10.7. The largest absolute Gasteiger partial charge is 0.496 e. The maximum atomic E-state index is 12.5. The van der Waals surface area contributed by atoms with Crippen molar-refractivity contribution in [2.45, 2.75) is 0 Å². The number of carbonyl (C=O) groups is 3. The van der Waals surface area contributed by atoms with E-state index >= 15 is 0 Å². The smallest absolute Gasteiger partial charge is 0.198 e. The monoisotopic (exact) mass is 266 g/mol. The minimum absolute atomic E-state index is 0.260. The minimum atomic E-state index is -0.266. The van der Waals surface area contributed by atoms with Gasteiger partial charge in [0, 0.05) is 22.3 Å². The molecule has 0 saturated heterocycles. The zero-order chi connectivity index (χ0) is 14.3. The standard InChI is InChI=1S/C16H10O4/c1-20-13-4-2-3-11-14(13)16(19)10-6-5-9(8-17)7-12(10)15(11)18/h2-8H,1H3. The molecule has 20 heavy (non-hydrogen) atoms. The van der Waals surface area contributed by atoms with Crippen molar-refractivity contribution in [2.75, 3.05) is 7.11 Å². The number of fused-ring (bicyclic) bond motifs is 2. The van der Waals surface area contributed by atoms with Crippen LogP contribution in [0.3, 0.4) is 0 Å². The van der Waals surface area contributed by atoms with Crippen molar-refractivity contribution in [3.05, 3.63) is 64.2 Å². The highest BCUT2D eigenvalue weighted by Gasteiger charge is 2.32. The molecule has 0 atom stereocenters. The maximum Gasteiger partial charge on any atom is 0.198 e. The predicted molar refractivity (Wildman–Crippen MR) is 71.7 cm³/mol. The second-order valence-corrected chi connectivity index (χ2v) is 4.46. The number of carbonyl (C=O) groups excluding carboxylic acids is 3. The van der Waals surface area contributed by atoms with E-state index in [-0.39, 0.29) is 22.7 Å². The summed E-state index contributed by atoms with van der Waals surface area (Å²) < 4.78 is 5.16. The van der Waals surface area contributed by atoms with Crippen molar-refractivity contribution in [1.82, 2.24) is 0 Å². The number of hydrogen-bond donors (Lipinski definition) is 0. The SMILES string of the molecule is COc1cccc2c1C(=O)c1ccc(C=O)cc1C2=O. The Kier molecular flexibility index (Phi) is 2.71. The van der Waals surface area contributed by atoms with Gasteiger partial charge in [-0.1, -0.05) is 18.2 Å². The molecule has 0 saturated carbocycles. The molecule has 2 aromatic carbocycles. The highest BCUT2D eigenvalue weighted by atomic mass is 16.5. The molecule has 4 heteroatoms. The van der Waals surface area contributed by atoms with Gasteiger partial charge in [-0.2, -0.15) is 0 Å². The first kappa shape index (κ1) is 12.3. The molecule has 0 N–H and O–H groups in total. The fraction of sp³-hybridized carbons (Fsp3) is 0.0625. The van der Waals surface area contributed by atoms with Crippen molar-refractivity contribution in [3.63, 3.8) is 0 Å². The van der Waals surface area contributed by atoms with Gasteiger partial charge < -0.3 is 4.74 Å². The average Bonchev–Trinajstić information content (AvgIpc) is 2.51. The Labute approximate surface area is 115 Å². The van der Waals surface area contributed by atoms with Gasteiger partial charge >= 0.3 is 0 Å². The summed E-state index contributed by atoms with van der Waals surface area (Å²) in [7, 11) is 1.46. The molecule has 0 fully saturated rings. The number of ketones is 2. The summed E-state index contributed by atoms with van der Waals surface area (Å²) in [6.07, 6.45) is 0.652. The average molecular weight is 266 g/mol. The summed E-state index contributed by atoms with van der Waals surface area (Å²) in [4.78, 5) is 35.8. The summed E-state index contributed by atoms with van der Waals surface area (Å²) in [5.41, 5.74) is 1.53. The summed E-state index contributed by atoms with van der Waals surface area (Å²) >= 11 is 0. The molecule has 0 aromatic heterocycles. The van der Waals surface area contributed by atoms with Gasteiger partial charge in [-0.3, -0.25) is 14.4 Å². The van der Waals surface area contributed by atoms with Crippen LogP contribution in [0, 0.1) is 0 Å². The number of rotatable bonds is 2. The Bertz CT molecular complexity index is 759. The molecule has 3 rings (SSSR count). The normalized spacial score (nSPS) is 12.7. The fourth-order valence-corrected chi connectivity index (χ4v) is 2.43. The molecular formula is C16H10O4. The van der Waals surface area contributed by atoms with E-state index < -0.39 is 0 Å². The third kappa shape index (κ3) is 1.58. The molecule has 1 aliphatic rings. The van der Waals surface area contributed by atoms with Crippen molar-refractivity contribution < 1.29 is 19.1 Å². The highest BCUT2D eigenvalue weighted by molar-refractivity contribution is 6.29. The van der Waals surface area contributed by atoms with Crippen molar-refractivity contribution >= 4 is 17.9 Å². The number of benzene rings is 2. The minimum Gasteiger partial charge on any atom is -0.496 e. The van der Waals surface area contributed by atoms with Crippen LogP contribution >= 0.6 is 0 Å². The molecule has 1 aliphatic carbocycles. The van der Waals surface area contributed by atoms with Crippen LogP contribution in [-0.4, -0.2) is 25.0 Å². The van der Waals surface area contributed by atoms with Gasteiger partial charge in [0.15, 0.2) is 11.6 Å². The molecule has 2 aromatic rings. The van der Waals surface area contributed by atoms with Gasteiger partial charge in [0.2, 0.25) is 0 Å². The molecule has 0 aliphatic heterocycles. The number of methoxy groups -OCH3 is 1. The molecule has 4 nitrogen and oxygen atoms in total. The number of aldehydes is 1. The molecule has 0 unspecified atom stereocenters. The van der Waals surface area contributed by atoms with Gasteiger partial charge in [0.1, 0.15) is 12.0 Å². The lowest BCUT2D eigenvalue weighted by molar-refractivity contribution is 0.0976. The van der Waals surface area contributed by atoms with E-state index in [0.717, 1.165) is 0 Å². The first-order valence-electron chi connectivity index (χ1n) is 6.03. The zero-order valence-corrected chi connectivity index (χ0v) is 10.7. The molecule has 98 valence electrons. The van der Waals surface area contributed by atoms with E-state index in [1.165, 1.54) is 25.3 Å². The quantitative estimate of drug-likeness (QED) is 0.668. The van der Waals surface area contributed by atoms with Crippen molar-refractivity contribution in [3.8, 4) is 5.75 Å². The Balaban J connectivity index is 2.30. The van der Waals surface area contributed by atoms with E-state index in [1.54, 1.807) is 18.2 Å². The molecule has 0 spiro atoms. The Hall–Kier alpha value is -2.75. The van der Waals surface area contributed by atoms with Crippen LogP contribution in [0.15, 0.2) is 36.4 Å². The summed E-state index contributed by atoms with van der Waals surface area (Å²) in [6.45, 7) is 0. The lowest BCUT2D eigenvalue weighted by atomic mass is 9.83. The van der Waals surface area contributed by atoms with Crippen LogP contribution in [0.25, 0.3) is 0 Å². The van der Waals surface area contributed by atoms with E-state index in [1.807, 2.05) is 0 Å². The van der Waals surface area contributed by atoms with E-state index in [4.69, 9.17) is 4.74 Å². The van der Waals surface area contributed by atoms with Crippen LogP contribution in [0.1, 0.15) is 42.2 Å². The Morgan fingerprint density at radius 1 is 0.950 bits per heavy atom. The van der Waals surface area contributed by atoms with E-state index in [9.17, 15) is 14.4 Å². The summed E-state index contributed by atoms with van der Waals surface area (Å²) in [5.74, 6) is -0.146. The molecule has 0 bridgehead atoms. The van der Waals surface area contributed by atoms with Gasteiger partial charge in [0.25, 0.3) is 0 Å². The van der Waals surface area contributed by atoms with E-state index in [0.29, 0.717) is 28.7 Å². The fourth-order valence-electron chi connectivity index (χ4n) is 2.43. The third-order valence-electron chi connectivity index (χ3n) is 3.39. The Morgan fingerprint density at radius 2 is 1.75 bits per heavy atom. The van der Waals surface area contributed by atoms with Crippen LogP contribution in [0.5, 0.6) is 5.75 Å². The van der Waals surface area contributed by atoms with Gasteiger partial charge in [-0.25, -0.2) is 0 Å². The summed E-state index contributed by atoms with van der Waals surface area (Å²) in [5, 5.41) is 0. The maximum absolute atomic E-state index is 12.5. The molecular weight excluding hydrogens is 256 g/mol. The highest BCUT2D eigenvalue weighted by Crippen LogP contribution is 2.33. The van der Waals surface area contributed by atoms with Gasteiger partial charge in [0.05, 0.1) is 12.7 Å². The third-order valence-corrected chi connectivity index (χ3v) is 3.39. The van der Waals surface area contributed by atoms with E-state index in [2.05, 4.69) is 0 Å². The van der Waals surface area contributed by atoms with Crippen LogP contribution in [-0.2, 0) is 0 Å². The first-order chi connectivity index (χ1) is 9.67. The van der Waals surface area contributed by atoms with Crippen LogP contribution in [0.4, 0.5) is 0 Å². The lowest BCUT2D eigenvalue weighted by Gasteiger charge is -2.19. The topological polar surface area (TPSA) is 60.4 Å². The number of ether oxygens (including phenoxy) is 1. The lowest BCUT2D eigenvalue weighted by Crippen LogP contribution is -2.21. The molecule has 0 heterocycles. The number of hydrogen-bond acceptors (Lipinski definition) is 4. The molecule has 0 radical (unpaired) electrons. The summed E-state index contributed by atoms with van der Waals surface area (Å²) in [6, 6.07) is 9.39. The second-order valence-electron chi connectivity index (χ2n) is 4.46. The van der Waals surface area contributed by atoms with Gasteiger partial charge in [-0.05, 0) is 18.2 Å². The molecule has 0 amide bonds. The van der Waals surface area contributed by atoms with Crippen LogP contribution < -0.4 is 4.74 Å². The van der Waals surface area contributed by atoms with Crippen molar-refractivity contribution in [1.29, 1.82) is 0 Å².